The van der Waals surface area contributed by atoms with Gasteiger partial charge in [-0.15, -0.1) is 0 Å². The topological polar surface area (TPSA) is 57.6 Å². The Morgan fingerprint density at radius 2 is 1.95 bits per heavy atom. The van der Waals surface area contributed by atoms with Gasteiger partial charge in [-0.3, -0.25) is 4.79 Å². The van der Waals surface area contributed by atoms with Gasteiger partial charge >= 0.3 is 5.97 Å². The van der Waals surface area contributed by atoms with E-state index in [2.05, 4.69) is 0 Å². The average Bonchev–Trinajstić information content (AvgIpc) is 2.83. The van der Waals surface area contributed by atoms with Crippen molar-refractivity contribution in [3.8, 4) is 0 Å². The molecule has 1 atom stereocenters. The number of amides is 1. The third kappa shape index (κ3) is 2.78. The summed E-state index contributed by atoms with van der Waals surface area (Å²) in [7, 11) is 0. The van der Waals surface area contributed by atoms with E-state index in [1.54, 1.807) is 0 Å². The summed E-state index contributed by atoms with van der Waals surface area (Å²) in [5.41, 5.74) is 3.18. The van der Waals surface area contributed by atoms with Crippen LogP contribution in [0.1, 0.15) is 29.5 Å². The second kappa shape index (κ2) is 5.43. The molecule has 102 valence electrons. The SMILES string of the molecule is Cc1cccc(C)c1CC(=O)N1CCC[C@H]1C(=O)O. The molecule has 1 saturated heterocycles. The number of likely N-dealkylation sites (tertiary alicyclic amines) is 1. The van der Waals surface area contributed by atoms with Crippen LogP contribution in [0, 0.1) is 13.8 Å². The first-order valence-corrected chi connectivity index (χ1v) is 6.58. The van der Waals surface area contributed by atoms with Crippen LogP contribution in [0.25, 0.3) is 0 Å². The molecule has 1 aromatic carbocycles. The molecule has 4 nitrogen and oxygen atoms in total. The van der Waals surface area contributed by atoms with Gasteiger partial charge in [-0.05, 0) is 43.4 Å². The van der Waals surface area contributed by atoms with E-state index in [1.165, 1.54) is 4.90 Å². The van der Waals surface area contributed by atoms with Crippen LogP contribution in [0.5, 0.6) is 0 Å². The van der Waals surface area contributed by atoms with Crippen LogP contribution in [0.2, 0.25) is 0 Å². The normalized spacial score (nSPS) is 18.6. The minimum atomic E-state index is -0.896. The minimum Gasteiger partial charge on any atom is -0.480 e. The van der Waals surface area contributed by atoms with Gasteiger partial charge in [-0.1, -0.05) is 18.2 Å². The molecule has 19 heavy (non-hydrogen) atoms. The van der Waals surface area contributed by atoms with Gasteiger partial charge in [-0.25, -0.2) is 4.79 Å². The second-order valence-electron chi connectivity index (χ2n) is 5.13. The van der Waals surface area contributed by atoms with Crippen LogP contribution in [0.15, 0.2) is 18.2 Å². The molecule has 1 N–H and O–H groups in total. The number of nitrogens with zero attached hydrogens (tertiary/aromatic N) is 1. The minimum absolute atomic E-state index is 0.0812. The predicted octanol–water partition coefficient (Wildman–Crippen LogP) is 1.92. The highest BCUT2D eigenvalue weighted by atomic mass is 16.4. The molecule has 0 aromatic heterocycles. The number of hydrogen-bond donors (Lipinski definition) is 1. The van der Waals surface area contributed by atoms with Crippen molar-refractivity contribution in [3.05, 3.63) is 34.9 Å². The maximum absolute atomic E-state index is 12.3. The number of carboxylic acids is 1. The molecular weight excluding hydrogens is 242 g/mol. The standard InChI is InChI=1S/C15H19NO3/c1-10-5-3-6-11(2)12(10)9-14(17)16-8-4-7-13(16)15(18)19/h3,5-6,13H,4,7-9H2,1-2H3,(H,18,19)/t13-/m0/s1. The zero-order chi connectivity index (χ0) is 14.0. The Kier molecular flexibility index (Phi) is 3.88. The Bertz CT molecular complexity index is 490. The summed E-state index contributed by atoms with van der Waals surface area (Å²) in [6, 6.07) is 5.29. The predicted molar refractivity (Wildman–Crippen MR) is 72.0 cm³/mol. The summed E-state index contributed by atoms with van der Waals surface area (Å²) in [5, 5.41) is 9.11. The third-order valence-corrected chi connectivity index (χ3v) is 3.83. The molecule has 2 rings (SSSR count). The van der Waals surface area contributed by atoms with Gasteiger partial charge in [0, 0.05) is 6.54 Å². The molecule has 1 aliphatic heterocycles. The molecule has 0 unspecified atom stereocenters. The molecule has 0 saturated carbocycles. The van der Waals surface area contributed by atoms with Crippen LogP contribution in [0.4, 0.5) is 0 Å². The molecule has 1 aromatic rings. The number of carboxylic acid groups (broad SMARTS) is 1. The van der Waals surface area contributed by atoms with Crippen molar-refractivity contribution in [2.75, 3.05) is 6.54 Å². The molecule has 1 heterocycles. The van der Waals surface area contributed by atoms with Crippen molar-refractivity contribution >= 4 is 11.9 Å². The van der Waals surface area contributed by atoms with Crippen molar-refractivity contribution in [1.29, 1.82) is 0 Å². The van der Waals surface area contributed by atoms with Crippen LogP contribution in [-0.4, -0.2) is 34.5 Å². The lowest BCUT2D eigenvalue weighted by Crippen LogP contribution is -2.41. The Morgan fingerprint density at radius 1 is 1.32 bits per heavy atom. The Hall–Kier alpha value is -1.84. The fraction of sp³-hybridized carbons (Fsp3) is 0.467. The van der Waals surface area contributed by atoms with Crippen LogP contribution >= 0.6 is 0 Å². The van der Waals surface area contributed by atoms with Crippen molar-refractivity contribution in [1.82, 2.24) is 4.90 Å². The van der Waals surface area contributed by atoms with Gasteiger partial charge < -0.3 is 10.0 Å². The quantitative estimate of drug-likeness (QED) is 0.904. The van der Waals surface area contributed by atoms with Gasteiger partial charge in [0.2, 0.25) is 5.91 Å². The first-order chi connectivity index (χ1) is 9.00. The molecular formula is C15H19NO3. The molecule has 0 radical (unpaired) electrons. The summed E-state index contributed by atoms with van der Waals surface area (Å²) in [5.74, 6) is -0.977. The van der Waals surface area contributed by atoms with E-state index in [9.17, 15) is 9.59 Å². The maximum Gasteiger partial charge on any atom is 0.326 e. The molecule has 1 fully saturated rings. The lowest BCUT2D eigenvalue weighted by Gasteiger charge is -2.22. The fourth-order valence-corrected chi connectivity index (χ4v) is 2.70. The van der Waals surface area contributed by atoms with Crippen molar-refractivity contribution in [3.63, 3.8) is 0 Å². The summed E-state index contributed by atoms with van der Waals surface area (Å²) < 4.78 is 0. The Balaban J connectivity index is 2.15. The Morgan fingerprint density at radius 3 is 2.53 bits per heavy atom. The van der Waals surface area contributed by atoms with E-state index < -0.39 is 12.0 Å². The number of rotatable bonds is 3. The Labute approximate surface area is 113 Å². The third-order valence-electron chi connectivity index (χ3n) is 3.83. The molecule has 1 amide bonds. The summed E-state index contributed by atoms with van der Waals surface area (Å²) in [6.45, 7) is 4.52. The van der Waals surface area contributed by atoms with Gasteiger partial charge in [0.15, 0.2) is 0 Å². The van der Waals surface area contributed by atoms with Gasteiger partial charge in [0.1, 0.15) is 6.04 Å². The highest BCUT2D eigenvalue weighted by Crippen LogP contribution is 2.21. The van der Waals surface area contributed by atoms with E-state index in [4.69, 9.17) is 5.11 Å². The molecule has 1 aliphatic rings. The van der Waals surface area contributed by atoms with Gasteiger partial charge in [-0.2, -0.15) is 0 Å². The highest BCUT2D eigenvalue weighted by molar-refractivity contribution is 5.86. The van der Waals surface area contributed by atoms with Crippen LogP contribution in [0.3, 0.4) is 0 Å². The second-order valence-corrected chi connectivity index (χ2v) is 5.13. The van der Waals surface area contributed by atoms with Crippen molar-refractivity contribution in [2.24, 2.45) is 0 Å². The lowest BCUT2D eigenvalue weighted by atomic mass is 9.99. The summed E-state index contributed by atoms with van der Waals surface area (Å²) in [6.07, 6.45) is 1.63. The molecule has 0 bridgehead atoms. The maximum atomic E-state index is 12.3. The van der Waals surface area contributed by atoms with Crippen LogP contribution in [-0.2, 0) is 16.0 Å². The first kappa shape index (κ1) is 13.6. The first-order valence-electron chi connectivity index (χ1n) is 6.58. The number of carbonyl (C=O) groups excluding carboxylic acids is 1. The number of hydrogen-bond acceptors (Lipinski definition) is 2. The lowest BCUT2D eigenvalue weighted by molar-refractivity contribution is -0.148. The fourth-order valence-electron chi connectivity index (χ4n) is 2.70. The highest BCUT2D eigenvalue weighted by Gasteiger charge is 2.33. The van der Waals surface area contributed by atoms with Gasteiger partial charge in [0.25, 0.3) is 0 Å². The number of aliphatic carboxylic acids is 1. The zero-order valence-electron chi connectivity index (χ0n) is 11.3. The summed E-state index contributed by atoms with van der Waals surface area (Å²) in [4.78, 5) is 24.9. The number of aryl methyl sites for hydroxylation is 2. The molecule has 4 heteroatoms. The van der Waals surface area contributed by atoms with Crippen molar-refractivity contribution < 1.29 is 14.7 Å². The largest absolute Gasteiger partial charge is 0.480 e. The number of benzene rings is 1. The zero-order valence-corrected chi connectivity index (χ0v) is 11.3. The molecule has 0 spiro atoms. The van der Waals surface area contributed by atoms with E-state index >= 15 is 0 Å². The smallest absolute Gasteiger partial charge is 0.326 e. The van der Waals surface area contributed by atoms with Gasteiger partial charge in [0.05, 0.1) is 6.42 Å². The van der Waals surface area contributed by atoms with E-state index in [0.717, 1.165) is 23.1 Å². The van der Waals surface area contributed by atoms with E-state index in [0.29, 0.717) is 19.4 Å². The van der Waals surface area contributed by atoms with E-state index in [1.807, 2.05) is 32.0 Å². The summed E-state index contributed by atoms with van der Waals surface area (Å²) >= 11 is 0. The average molecular weight is 261 g/mol. The van der Waals surface area contributed by atoms with E-state index in [-0.39, 0.29) is 5.91 Å². The number of carbonyl (C=O) groups is 2. The molecule has 0 aliphatic carbocycles. The monoisotopic (exact) mass is 261 g/mol. The van der Waals surface area contributed by atoms with Crippen molar-refractivity contribution in [2.45, 2.75) is 39.2 Å². The van der Waals surface area contributed by atoms with Crippen LogP contribution < -0.4 is 0 Å².